The van der Waals surface area contributed by atoms with E-state index in [1.54, 1.807) is 25.2 Å². The first-order chi connectivity index (χ1) is 13.5. The van der Waals surface area contributed by atoms with Crippen molar-refractivity contribution in [3.8, 4) is 11.3 Å². The van der Waals surface area contributed by atoms with Crippen LogP contribution in [-0.4, -0.2) is 35.1 Å². The molecular formula is C20H18ClN3O3S. The van der Waals surface area contributed by atoms with Gasteiger partial charge in [-0.05, 0) is 18.2 Å². The molecule has 0 radical (unpaired) electrons. The number of aromatic nitrogens is 1. The molecule has 28 heavy (non-hydrogen) atoms. The van der Waals surface area contributed by atoms with Gasteiger partial charge in [0.05, 0.1) is 12.1 Å². The highest BCUT2D eigenvalue weighted by atomic mass is 35.5. The molecule has 3 aromatic rings. The van der Waals surface area contributed by atoms with Crippen molar-refractivity contribution in [2.24, 2.45) is 0 Å². The Labute approximate surface area is 171 Å². The third-order valence-electron chi connectivity index (χ3n) is 4.05. The molecule has 0 aliphatic heterocycles. The Kier molecular flexibility index (Phi) is 6.28. The zero-order valence-corrected chi connectivity index (χ0v) is 16.6. The Hall–Kier alpha value is -2.90. The van der Waals surface area contributed by atoms with Gasteiger partial charge in [0.2, 0.25) is 0 Å². The molecule has 0 aliphatic rings. The summed E-state index contributed by atoms with van der Waals surface area (Å²) in [7, 11) is 1.58. The number of amides is 1. The highest BCUT2D eigenvalue weighted by Gasteiger charge is 2.27. The van der Waals surface area contributed by atoms with Crippen LogP contribution in [0.3, 0.4) is 0 Å². The van der Waals surface area contributed by atoms with Crippen molar-refractivity contribution < 1.29 is 14.7 Å². The topological polar surface area (TPSA) is 82.5 Å². The molecule has 1 atom stereocenters. The highest BCUT2D eigenvalue weighted by molar-refractivity contribution is 7.14. The average Bonchev–Trinajstić information content (AvgIpc) is 3.17. The largest absolute Gasteiger partial charge is 0.481 e. The second-order valence-corrected chi connectivity index (χ2v) is 7.30. The van der Waals surface area contributed by atoms with Gasteiger partial charge in [0.25, 0.3) is 5.91 Å². The first kappa shape index (κ1) is 19.9. The maximum Gasteiger partial charge on any atom is 0.305 e. The first-order valence-electron chi connectivity index (χ1n) is 8.47. The number of benzene rings is 2. The van der Waals surface area contributed by atoms with E-state index in [1.807, 2.05) is 41.8 Å². The molecule has 1 amide bonds. The standard InChI is InChI=1S/C20H18ClN3O3S/c1-24(20-23-17(12-28-20)14-9-5-6-10-15(14)21)19(27)16(11-18(25)26)22-13-7-3-2-4-8-13/h2-10,12,16,22H,11H2,1H3,(H,25,26)/t16-/m1/s1. The molecule has 0 saturated heterocycles. The minimum atomic E-state index is -1.06. The number of likely N-dealkylation sites (N-methyl/N-ethyl adjacent to an activating group) is 1. The molecule has 0 spiro atoms. The fourth-order valence-electron chi connectivity index (χ4n) is 2.65. The lowest BCUT2D eigenvalue weighted by atomic mass is 10.1. The third-order valence-corrected chi connectivity index (χ3v) is 5.30. The zero-order valence-electron chi connectivity index (χ0n) is 15.0. The molecule has 2 N–H and O–H groups in total. The molecule has 0 bridgehead atoms. The second-order valence-electron chi connectivity index (χ2n) is 6.05. The van der Waals surface area contributed by atoms with Gasteiger partial charge in [0.15, 0.2) is 5.13 Å². The van der Waals surface area contributed by atoms with Gasteiger partial charge in [0, 0.05) is 28.7 Å². The van der Waals surface area contributed by atoms with E-state index in [9.17, 15) is 14.7 Å². The van der Waals surface area contributed by atoms with Gasteiger partial charge in [-0.3, -0.25) is 14.5 Å². The van der Waals surface area contributed by atoms with Crippen LogP contribution in [0.1, 0.15) is 6.42 Å². The number of nitrogens with one attached hydrogen (secondary N) is 1. The van der Waals surface area contributed by atoms with Crippen LogP contribution in [0.15, 0.2) is 60.0 Å². The Morgan fingerprint density at radius 3 is 2.54 bits per heavy atom. The number of thiazole rings is 1. The van der Waals surface area contributed by atoms with Crippen molar-refractivity contribution in [1.29, 1.82) is 0 Å². The van der Waals surface area contributed by atoms with Gasteiger partial charge in [-0.15, -0.1) is 11.3 Å². The Morgan fingerprint density at radius 2 is 1.86 bits per heavy atom. The van der Waals surface area contributed by atoms with Crippen molar-refractivity contribution >= 4 is 45.6 Å². The lowest BCUT2D eigenvalue weighted by Crippen LogP contribution is -2.42. The predicted molar refractivity (Wildman–Crippen MR) is 112 cm³/mol. The maximum atomic E-state index is 12.9. The molecule has 1 heterocycles. The highest BCUT2D eigenvalue weighted by Crippen LogP contribution is 2.31. The monoisotopic (exact) mass is 415 g/mol. The summed E-state index contributed by atoms with van der Waals surface area (Å²) in [6.07, 6.45) is -0.346. The minimum Gasteiger partial charge on any atom is -0.481 e. The van der Waals surface area contributed by atoms with Gasteiger partial charge in [0.1, 0.15) is 6.04 Å². The summed E-state index contributed by atoms with van der Waals surface area (Å²) in [5, 5.41) is 15.1. The van der Waals surface area contributed by atoms with Gasteiger partial charge in [-0.25, -0.2) is 4.98 Å². The molecule has 0 saturated carbocycles. The fraction of sp³-hybridized carbons (Fsp3) is 0.150. The van der Waals surface area contributed by atoms with Crippen LogP contribution in [0.2, 0.25) is 5.02 Å². The molecule has 6 nitrogen and oxygen atoms in total. The number of carbonyl (C=O) groups excluding carboxylic acids is 1. The number of halogens is 1. The summed E-state index contributed by atoms with van der Waals surface area (Å²) in [4.78, 5) is 30.1. The summed E-state index contributed by atoms with van der Waals surface area (Å²) in [6, 6.07) is 15.4. The number of anilines is 2. The Bertz CT molecular complexity index is 978. The quantitative estimate of drug-likeness (QED) is 0.598. The van der Waals surface area contributed by atoms with Crippen molar-refractivity contribution in [3.05, 3.63) is 65.0 Å². The molecule has 144 valence electrons. The van der Waals surface area contributed by atoms with E-state index in [0.717, 1.165) is 5.56 Å². The van der Waals surface area contributed by atoms with Crippen molar-refractivity contribution in [2.45, 2.75) is 12.5 Å². The number of carboxylic acids is 1. The van der Waals surface area contributed by atoms with Gasteiger partial charge >= 0.3 is 5.97 Å². The second kappa shape index (κ2) is 8.86. The van der Waals surface area contributed by atoms with E-state index in [1.165, 1.54) is 16.2 Å². The van der Waals surface area contributed by atoms with Crippen LogP contribution in [0.4, 0.5) is 10.8 Å². The van der Waals surface area contributed by atoms with Gasteiger partial charge in [-0.1, -0.05) is 48.0 Å². The van der Waals surface area contributed by atoms with Crippen LogP contribution in [0.25, 0.3) is 11.3 Å². The van der Waals surface area contributed by atoms with E-state index in [2.05, 4.69) is 10.3 Å². The third kappa shape index (κ3) is 4.68. The molecule has 0 aliphatic carbocycles. The predicted octanol–water partition coefficient (Wildman–Crippen LogP) is 4.38. The lowest BCUT2D eigenvalue weighted by molar-refractivity contribution is -0.138. The van der Waals surface area contributed by atoms with Crippen molar-refractivity contribution in [3.63, 3.8) is 0 Å². The maximum absolute atomic E-state index is 12.9. The number of nitrogens with zero attached hydrogens (tertiary/aromatic N) is 2. The van der Waals surface area contributed by atoms with Crippen LogP contribution in [0.5, 0.6) is 0 Å². The number of rotatable bonds is 7. The normalized spacial score (nSPS) is 11.6. The number of carboxylic acid groups (broad SMARTS) is 1. The minimum absolute atomic E-state index is 0.346. The van der Waals surface area contributed by atoms with Crippen LogP contribution >= 0.6 is 22.9 Å². The molecule has 1 aromatic heterocycles. The fourth-order valence-corrected chi connectivity index (χ4v) is 3.68. The van der Waals surface area contributed by atoms with Gasteiger partial charge < -0.3 is 10.4 Å². The number of hydrogen-bond acceptors (Lipinski definition) is 5. The average molecular weight is 416 g/mol. The van der Waals surface area contributed by atoms with E-state index in [0.29, 0.717) is 21.5 Å². The molecule has 2 aromatic carbocycles. The van der Waals surface area contributed by atoms with E-state index in [4.69, 9.17) is 11.6 Å². The summed E-state index contributed by atoms with van der Waals surface area (Å²) in [6.45, 7) is 0. The summed E-state index contributed by atoms with van der Waals surface area (Å²) >= 11 is 7.51. The van der Waals surface area contributed by atoms with Crippen molar-refractivity contribution in [1.82, 2.24) is 4.98 Å². The van der Waals surface area contributed by atoms with Crippen LogP contribution in [0, 0.1) is 0 Å². The van der Waals surface area contributed by atoms with E-state index in [-0.39, 0.29) is 12.3 Å². The Balaban J connectivity index is 1.81. The number of carbonyl (C=O) groups is 2. The first-order valence-corrected chi connectivity index (χ1v) is 9.73. The summed E-state index contributed by atoms with van der Waals surface area (Å²) in [5.41, 5.74) is 2.11. The molecule has 3 rings (SSSR count). The molecular weight excluding hydrogens is 398 g/mol. The van der Waals surface area contributed by atoms with E-state index >= 15 is 0 Å². The summed E-state index contributed by atoms with van der Waals surface area (Å²) < 4.78 is 0. The molecule has 8 heteroatoms. The number of hydrogen-bond donors (Lipinski definition) is 2. The number of para-hydroxylation sites is 1. The smallest absolute Gasteiger partial charge is 0.305 e. The molecule has 0 fully saturated rings. The van der Waals surface area contributed by atoms with E-state index < -0.39 is 12.0 Å². The SMILES string of the molecule is CN(C(=O)[C@@H](CC(=O)O)Nc1ccccc1)c1nc(-c2ccccc2Cl)cs1. The van der Waals surface area contributed by atoms with Crippen LogP contribution < -0.4 is 10.2 Å². The lowest BCUT2D eigenvalue weighted by Gasteiger charge is -2.22. The van der Waals surface area contributed by atoms with Crippen LogP contribution in [-0.2, 0) is 9.59 Å². The zero-order chi connectivity index (χ0) is 20.1. The van der Waals surface area contributed by atoms with Crippen molar-refractivity contribution in [2.75, 3.05) is 17.3 Å². The van der Waals surface area contributed by atoms with Gasteiger partial charge in [-0.2, -0.15) is 0 Å². The number of aliphatic carboxylic acids is 1. The molecule has 0 unspecified atom stereocenters. The Morgan fingerprint density at radius 1 is 1.18 bits per heavy atom. The summed E-state index contributed by atoms with van der Waals surface area (Å²) in [5.74, 6) is -1.45.